The second-order valence-electron chi connectivity index (χ2n) is 27.6. The molecule has 0 bridgehead atoms. The lowest BCUT2D eigenvalue weighted by molar-refractivity contribution is 0.677. The van der Waals surface area contributed by atoms with E-state index in [1.54, 1.807) is 0 Å². The molecule has 2 aliphatic rings. The van der Waals surface area contributed by atoms with Gasteiger partial charge in [0, 0.05) is 77.0 Å². The van der Waals surface area contributed by atoms with E-state index < -0.39 is 5.41 Å². The van der Waals surface area contributed by atoms with Crippen molar-refractivity contribution in [2.75, 3.05) is 4.90 Å². The summed E-state index contributed by atoms with van der Waals surface area (Å²) >= 11 is 0. The zero-order valence-electron chi connectivity index (χ0n) is 56.2. The van der Waals surface area contributed by atoms with E-state index in [4.69, 9.17) is 19.4 Å². The highest BCUT2D eigenvalue weighted by Gasteiger charge is 2.52. The molecule has 0 unspecified atom stereocenters. The van der Waals surface area contributed by atoms with Crippen molar-refractivity contribution >= 4 is 104 Å². The minimum absolute atomic E-state index is 0.550. The first-order valence-electron chi connectivity index (χ1n) is 35.6. The Hall–Kier alpha value is -13.8. The molecule has 17 aromatic carbocycles. The zero-order valence-corrected chi connectivity index (χ0v) is 56.2. The highest BCUT2D eigenvalue weighted by Crippen LogP contribution is 2.65. The third-order valence-corrected chi connectivity index (χ3v) is 22.2. The fraction of sp³-hybridized carbons (Fsp3) is 0.0102. The number of hydrogen-bond acceptors (Lipinski definition) is 5. The van der Waals surface area contributed by atoms with Crippen LogP contribution in [0, 0.1) is 0 Å². The third-order valence-electron chi connectivity index (χ3n) is 22.2. The van der Waals surface area contributed by atoms with Gasteiger partial charge in [0.25, 0.3) is 0 Å². The van der Waals surface area contributed by atoms with E-state index in [0.717, 1.165) is 116 Å². The van der Waals surface area contributed by atoms with Crippen LogP contribution >= 0.6 is 0 Å². The number of aromatic nitrogens is 4. The Bertz CT molecular complexity index is 6860. The van der Waals surface area contributed by atoms with Gasteiger partial charge in [0.2, 0.25) is 0 Å². The average molecular weight is 1320 g/mol. The summed E-state index contributed by atoms with van der Waals surface area (Å²) in [5.41, 5.74) is 24.9. The van der Waals surface area contributed by atoms with Crippen molar-refractivity contribution < 1.29 is 4.42 Å². The van der Waals surface area contributed by atoms with E-state index in [0.29, 0.717) is 17.5 Å². The maximum Gasteiger partial charge on any atom is 0.164 e. The maximum absolute atomic E-state index is 7.62. The summed E-state index contributed by atoms with van der Waals surface area (Å²) in [6.07, 6.45) is 0. The van der Waals surface area contributed by atoms with E-state index in [-0.39, 0.29) is 0 Å². The van der Waals surface area contributed by atoms with Crippen LogP contribution in [0.2, 0.25) is 0 Å². The number of fused-ring (bicyclic) bond motifs is 27. The van der Waals surface area contributed by atoms with Crippen LogP contribution in [0.5, 0.6) is 0 Å². The van der Waals surface area contributed by atoms with Gasteiger partial charge in [-0.3, -0.25) is 0 Å². The van der Waals surface area contributed by atoms with Gasteiger partial charge in [-0.2, -0.15) is 0 Å². The summed E-state index contributed by atoms with van der Waals surface area (Å²) in [7, 11) is 0. The summed E-state index contributed by atoms with van der Waals surface area (Å²) in [5, 5.41) is 13.6. The summed E-state index contributed by atoms with van der Waals surface area (Å²) < 4.78 is 10.1. The minimum atomic E-state index is -0.550. The first kappa shape index (κ1) is 58.0. The Morgan fingerprint density at radius 3 is 1.28 bits per heavy atom. The monoisotopic (exact) mass is 1320 g/mol. The standard InChI is InChI=1S/C98H59N5O/c1-4-23-60(24-5-1)62-43-45-65(46-44-62)96-99-95(64-27-8-3-9-28-64)100-97(101-96)66-49-53-68(54-50-66)103-87-59-69(55-56-80(87)90-91-81-58-57-76-72-31-11-10-29-70(72)71-30-12-13-34-75(71)88(76)94(81)104-93(91)78-36-15-14-35-77(78)92(90)103)102(67-51-47-63(48-52-67)61-25-6-2-7-26-61)86-42-22-41-85-89(86)79-37-18-21-40-84(79)98(85)82-38-19-16-32-73(82)74-33-17-20-39-83(74)98/h1-59H. The van der Waals surface area contributed by atoms with Gasteiger partial charge in [-0.1, -0.05) is 297 Å². The van der Waals surface area contributed by atoms with E-state index >= 15 is 0 Å². The molecule has 0 fully saturated rings. The molecule has 22 rings (SSSR count). The van der Waals surface area contributed by atoms with Gasteiger partial charge in [0.05, 0.1) is 22.1 Å². The van der Waals surface area contributed by atoms with Crippen molar-refractivity contribution in [3.8, 4) is 84.4 Å². The van der Waals surface area contributed by atoms with Crippen LogP contribution in [0.1, 0.15) is 22.3 Å². The molecule has 3 aromatic heterocycles. The molecule has 0 saturated carbocycles. The molecule has 3 heterocycles. The highest BCUT2D eigenvalue weighted by molar-refractivity contribution is 6.40. The molecule has 0 saturated heterocycles. The quantitative estimate of drug-likeness (QED) is 0.135. The molecule has 0 aliphatic heterocycles. The molecule has 20 aromatic rings. The molecule has 6 nitrogen and oxygen atoms in total. The minimum Gasteiger partial charge on any atom is -0.455 e. The first-order valence-corrected chi connectivity index (χ1v) is 35.6. The van der Waals surface area contributed by atoms with Crippen LogP contribution in [0.4, 0.5) is 17.1 Å². The molecular weight excluding hydrogens is 1260 g/mol. The third kappa shape index (κ3) is 8.42. The second kappa shape index (κ2) is 22.6. The summed E-state index contributed by atoms with van der Waals surface area (Å²) in [6, 6.07) is 130. The van der Waals surface area contributed by atoms with Gasteiger partial charge >= 0.3 is 0 Å². The van der Waals surface area contributed by atoms with Crippen LogP contribution in [-0.4, -0.2) is 19.5 Å². The zero-order chi connectivity index (χ0) is 68.1. The smallest absolute Gasteiger partial charge is 0.164 e. The molecule has 482 valence electrons. The van der Waals surface area contributed by atoms with E-state index in [1.807, 2.05) is 24.3 Å². The van der Waals surface area contributed by atoms with Gasteiger partial charge in [-0.15, -0.1) is 0 Å². The number of rotatable bonds is 9. The number of furan rings is 1. The molecule has 2 aliphatic carbocycles. The summed E-state index contributed by atoms with van der Waals surface area (Å²) in [4.78, 5) is 18.2. The van der Waals surface area contributed by atoms with E-state index in [9.17, 15) is 0 Å². The predicted octanol–water partition coefficient (Wildman–Crippen LogP) is 25.6. The number of nitrogens with zero attached hydrogens (tertiary/aromatic N) is 5. The Balaban J connectivity index is 0.811. The van der Waals surface area contributed by atoms with Crippen molar-refractivity contribution in [1.82, 2.24) is 19.5 Å². The van der Waals surface area contributed by atoms with Crippen molar-refractivity contribution in [3.05, 3.63) is 380 Å². The van der Waals surface area contributed by atoms with Crippen LogP contribution < -0.4 is 4.90 Å². The second-order valence-corrected chi connectivity index (χ2v) is 27.6. The maximum atomic E-state index is 7.62. The van der Waals surface area contributed by atoms with Crippen molar-refractivity contribution in [2.45, 2.75) is 5.41 Å². The molecule has 0 atom stereocenters. The summed E-state index contributed by atoms with van der Waals surface area (Å²) in [5.74, 6) is 1.79. The molecule has 104 heavy (non-hydrogen) atoms. The Morgan fingerprint density at radius 1 is 0.269 bits per heavy atom. The van der Waals surface area contributed by atoms with Crippen molar-refractivity contribution in [2.24, 2.45) is 0 Å². The van der Waals surface area contributed by atoms with Gasteiger partial charge < -0.3 is 13.9 Å². The molecule has 0 amide bonds. The lowest BCUT2D eigenvalue weighted by atomic mass is 9.70. The fourth-order valence-corrected chi connectivity index (χ4v) is 17.8. The molecule has 0 N–H and O–H groups in total. The number of anilines is 3. The van der Waals surface area contributed by atoms with Crippen molar-refractivity contribution in [1.29, 1.82) is 0 Å². The molecule has 1 spiro atoms. The van der Waals surface area contributed by atoms with Gasteiger partial charge in [-0.25, -0.2) is 15.0 Å². The Kier molecular flexibility index (Phi) is 12.6. The van der Waals surface area contributed by atoms with Crippen LogP contribution in [0.15, 0.2) is 362 Å². The predicted molar refractivity (Wildman–Crippen MR) is 430 cm³/mol. The topological polar surface area (TPSA) is 60.0 Å². The number of benzene rings is 17. The molecule has 6 heteroatoms. The molecule has 0 radical (unpaired) electrons. The van der Waals surface area contributed by atoms with Crippen LogP contribution in [0.25, 0.3) is 171 Å². The van der Waals surface area contributed by atoms with Gasteiger partial charge in [0.1, 0.15) is 11.2 Å². The van der Waals surface area contributed by atoms with E-state index in [2.05, 4.69) is 343 Å². The lowest BCUT2D eigenvalue weighted by Gasteiger charge is -2.32. The lowest BCUT2D eigenvalue weighted by Crippen LogP contribution is -2.26. The fourth-order valence-electron chi connectivity index (χ4n) is 17.8. The largest absolute Gasteiger partial charge is 0.455 e. The number of hydrogen-bond donors (Lipinski definition) is 0. The van der Waals surface area contributed by atoms with Crippen molar-refractivity contribution in [3.63, 3.8) is 0 Å². The van der Waals surface area contributed by atoms with E-state index in [1.165, 1.54) is 77.0 Å². The SMILES string of the molecule is c1ccc(-c2ccc(-c3nc(-c4ccccc4)nc(-c4ccc(-n5c6cc(N(c7ccc(-c8ccccc8)cc7)c7cccc8c7-c7ccccc7C87c8ccccc8-c8ccccc87)ccc6c6c7c8ccc9c%10ccccc%10c%10ccccc%10c9c8oc7c7ccccc7c65)cc4)n3)cc2)cc1. The Labute approximate surface area is 598 Å². The molecular formula is C98H59N5O. The Morgan fingerprint density at radius 2 is 0.673 bits per heavy atom. The highest BCUT2D eigenvalue weighted by atomic mass is 16.3. The average Bonchev–Trinajstić information content (AvgIpc) is 1.51. The summed E-state index contributed by atoms with van der Waals surface area (Å²) in [6.45, 7) is 0. The van der Waals surface area contributed by atoms with Crippen LogP contribution in [-0.2, 0) is 5.41 Å². The van der Waals surface area contributed by atoms with Crippen LogP contribution in [0.3, 0.4) is 0 Å². The normalized spacial score (nSPS) is 12.7. The van der Waals surface area contributed by atoms with Gasteiger partial charge in [0.15, 0.2) is 17.5 Å². The van der Waals surface area contributed by atoms with Gasteiger partial charge in [-0.05, 0) is 149 Å². The first-order chi connectivity index (χ1) is 51.6.